The summed E-state index contributed by atoms with van der Waals surface area (Å²) in [5, 5.41) is 2.47. The summed E-state index contributed by atoms with van der Waals surface area (Å²) in [5.74, 6) is 1.79. The molecule has 0 bridgehead atoms. The third-order valence-corrected chi connectivity index (χ3v) is 7.21. The second-order valence-electron chi connectivity index (χ2n) is 6.56. The average molecular weight is 426 g/mol. The summed E-state index contributed by atoms with van der Waals surface area (Å²) in [5.41, 5.74) is 2.49. The predicted molar refractivity (Wildman–Crippen MR) is 123 cm³/mol. The van der Waals surface area contributed by atoms with Crippen molar-refractivity contribution in [2.45, 2.75) is 25.3 Å². The van der Waals surface area contributed by atoms with Crippen molar-refractivity contribution in [2.24, 2.45) is 0 Å². The monoisotopic (exact) mass is 425 g/mol. The number of ether oxygens (including phenoxy) is 2. The molecule has 4 rings (SSSR count). The maximum Gasteiger partial charge on any atom is 0.262 e. The molecule has 0 spiro atoms. The van der Waals surface area contributed by atoms with E-state index in [-0.39, 0.29) is 0 Å². The summed E-state index contributed by atoms with van der Waals surface area (Å²) in [6, 6.07) is 12.5. The van der Waals surface area contributed by atoms with E-state index >= 15 is 0 Å². The fraction of sp³-hybridized carbons (Fsp3) is 0.261. The van der Waals surface area contributed by atoms with Crippen LogP contribution in [0, 0.1) is 0 Å². The summed E-state index contributed by atoms with van der Waals surface area (Å²) < 4.78 is 14.3. The van der Waals surface area contributed by atoms with Crippen molar-refractivity contribution in [3.05, 3.63) is 58.6 Å². The Kier molecular flexibility index (Phi) is 5.83. The van der Waals surface area contributed by atoms with Crippen LogP contribution in [0.15, 0.2) is 58.5 Å². The Morgan fingerprint density at radius 3 is 2.52 bits per heavy atom. The Labute approximate surface area is 180 Å². The molecule has 0 aliphatic carbocycles. The number of hydrogen-bond acceptors (Lipinski definition) is 5. The lowest BCUT2D eigenvalue weighted by Crippen LogP contribution is -2.33. The first kappa shape index (κ1) is 19.9. The van der Waals surface area contributed by atoms with E-state index < -0.39 is 0 Å². The molecule has 0 radical (unpaired) electrons. The molecule has 4 nitrogen and oxygen atoms in total. The van der Waals surface area contributed by atoms with E-state index in [0.717, 1.165) is 24.6 Å². The normalized spacial score (nSPS) is 14.9. The third-order valence-electron chi connectivity index (χ3n) is 4.99. The number of aromatic nitrogens is 1. The van der Waals surface area contributed by atoms with Crippen molar-refractivity contribution in [2.75, 3.05) is 25.7 Å². The van der Waals surface area contributed by atoms with Crippen LogP contribution in [-0.2, 0) is 6.54 Å². The Hall–Kier alpha value is -2.44. The fourth-order valence-electron chi connectivity index (χ4n) is 3.54. The van der Waals surface area contributed by atoms with Gasteiger partial charge in [0.05, 0.1) is 24.9 Å². The topological polar surface area (TPSA) is 25.6 Å². The van der Waals surface area contributed by atoms with Crippen LogP contribution in [0.2, 0.25) is 0 Å². The molecule has 0 atom stereocenters. The van der Waals surface area contributed by atoms with Crippen molar-refractivity contribution in [3.8, 4) is 11.5 Å². The van der Waals surface area contributed by atoms with Crippen molar-refractivity contribution in [3.63, 3.8) is 0 Å². The molecule has 6 heteroatoms. The Bertz CT molecular complexity index is 1100. The van der Waals surface area contributed by atoms with Gasteiger partial charge in [-0.15, -0.1) is 0 Å². The highest BCUT2D eigenvalue weighted by Crippen LogP contribution is 2.47. The van der Waals surface area contributed by atoms with Gasteiger partial charge in [-0.1, -0.05) is 29.2 Å². The molecule has 2 aromatic carbocycles. The summed E-state index contributed by atoms with van der Waals surface area (Å²) >= 11 is 3.58. The maximum atomic E-state index is 5.38. The van der Waals surface area contributed by atoms with Gasteiger partial charge < -0.3 is 14.4 Å². The standard InChI is InChI=1S/C23H25N2O2S2/c1-5-24-18-12-10-16(26-3)14-20(18)28-22(24)8-7-9-23-25(6-2)19-13-11-17(27-4)15-21(19)29-23/h7-15H,5-6H2,1-4H3/q+1. The summed E-state index contributed by atoms with van der Waals surface area (Å²) in [4.78, 5) is 3.58. The molecule has 0 saturated carbocycles. The first-order valence-corrected chi connectivity index (χ1v) is 11.3. The van der Waals surface area contributed by atoms with Crippen LogP contribution in [0.25, 0.3) is 16.3 Å². The SMILES string of the molecule is CCN1/C(=C/C=C/c2sc3cc(OC)ccc3[n+]2CC)Sc2cc(OC)ccc21. The highest BCUT2D eigenvalue weighted by atomic mass is 32.2. The number of nitrogens with zero attached hydrogens (tertiary/aromatic N) is 2. The van der Waals surface area contributed by atoms with Crippen LogP contribution in [0.1, 0.15) is 18.9 Å². The van der Waals surface area contributed by atoms with Gasteiger partial charge >= 0.3 is 0 Å². The highest BCUT2D eigenvalue weighted by Gasteiger charge is 2.24. The highest BCUT2D eigenvalue weighted by molar-refractivity contribution is 8.03. The quantitative estimate of drug-likeness (QED) is 0.472. The van der Waals surface area contributed by atoms with Crippen LogP contribution in [0.3, 0.4) is 0 Å². The number of hydrogen-bond donors (Lipinski definition) is 0. The molecule has 0 amide bonds. The number of rotatable bonds is 6. The summed E-state index contributed by atoms with van der Waals surface area (Å²) in [6.45, 7) is 6.23. The van der Waals surface area contributed by atoms with Gasteiger partial charge in [0.25, 0.3) is 5.01 Å². The van der Waals surface area contributed by atoms with E-state index in [9.17, 15) is 0 Å². The molecule has 0 unspecified atom stereocenters. The maximum absolute atomic E-state index is 5.38. The molecule has 2 heterocycles. The van der Waals surface area contributed by atoms with Crippen LogP contribution in [0.4, 0.5) is 5.69 Å². The van der Waals surface area contributed by atoms with E-state index in [2.05, 4.69) is 65.8 Å². The number of fused-ring (bicyclic) bond motifs is 2. The van der Waals surface area contributed by atoms with Crippen molar-refractivity contribution < 1.29 is 14.0 Å². The Balaban J connectivity index is 1.63. The van der Waals surface area contributed by atoms with Gasteiger partial charge in [-0.05, 0) is 44.2 Å². The van der Waals surface area contributed by atoms with Gasteiger partial charge in [-0.3, -0.25) is 0 Å². The van der Waals surface area contributed by atoms with Crippen LogP contribution >= 0.6 is 23.1 Å². The van der Waals surface area contributed by atoms with Crippen LogP contribution in [0.5, 0.6) is 11.5 Å². The number of methoxy groups -OCH3 is 2. The number of aryl methyl sites for hydroxylation is 1. The van der Waals surface area contributed by atoms with Crippen LogP contribution < -0.4 is 18.9 Å². The first-order valence-electron chi connectivity index (χ1n) is 9.70. The zero-order valence-corrected chi connectivity index (χ0v) is 18.8. The predicted octanol–water partition coefficient (Wildman–Crippen LogP) is 5.71. The molecular weight excluding hydrogens is 400 g/mol. The number of thioether (sulfide) groups is 1. The minimum Gasteiger partial charge on any atom is -0.497 e. The second kappa shape index (κ2) is 8.51. The number of anilines is 1. The molecule has 1 aromatic heterocycles. The molecule has 3 aromatic rings. The van der Waals surface area contributed by atoms with Crippen LogP contribution in [-0.4, -0.2) is 20.8 Å². The molecular formula is C23H25N2O2S2+. The summed E-state index contributed by atoms with van der Waals surface area (Å²) in [6.07, 6.45) is 6.55. The van der Waals surface area contributed by atoms with Gasteiger partial charge in [0, 0.05) is 29.6 Å². The van der Waals surface area contributed by atoms with E-state index in [4.69, 9.17) is 9.47 Å². The zero-order chi connectivity index (χ0) is 20.4. The minimum absolute atomic E-state index is 0.897. The minimum atomic E-state index is 0.897. The lowest BCUT2D eigenvalue weighted by molar-refractivity contribution is -0.665. The molecule has 0 N–H and O–H groups in total. The van der Waals surface area contributed by atoms with Gasteiger partial charge in [-0.25, -0.2) is 0 Å². The Morgan fingerprint density at radius 1 is 1.03 bits per heavy atom. The molecule has 29 heavy (non-hydrogen) atoms. The molecule has 0 fully saturated rings. The second-order valence-corrected chi connectivity index (χ2v) is 8.69. The Morgan fingerprint density at radius 2 is 1.79 bits per heavy atom. The molecule has 150 valence electrons. The van der Waals surface area contributed by atoms with E-state index in [1.54, 1.807) is 37.3 Å². The first-order chi connectivity index (χ1) is 14.2. The van der Waals surface area contributed by atoms with Gasteiger partial charge in [0.2, 0.25) is 5.52 Å². The lowest BCUT2D eigenvalue weighted by atomic mass is 10.2. The largest absolute Gasteiger partial charge is 0.497 e. The van der Waals surface area contributed by atoms with E-state index in [0.29, 0.717) is 0 Å². The molecule has 1 aliphatic rings. The van der Waals surface area contributed by atoms with Crippen molar-refractivity contribution in [1.29, 1.82) is 0 Å². The third kappa shape index (κ3) is 3.74. The van der Waals surface area contributed by atoms with E-state index in [1.165, 1.54) is 30.8 Å². The van der Waals surface area contributed by atoms with Gasteiger partial charge in [0.1, 0.15) is 22.7 Å². The van der Waals surface area contributed by atoms with Gasteiger partial charge in [0.15, 0.2) is 0 Å². The molecule has 1 aliphatic heterocycles. The summed E-state index contributed by atoms with van der Waals surface area (Å²) in [7, 11) is 3.42. The van der Waals surface area contributed by atoms with Crippen molar-refractivity contribution in [1.82, 2.24) is 0 Å². The number of allylic oxidation sites excluding steroid dienone is 2. The van der Waals surface area contributed by atoms with E-state index in [1.807, 2.05) is 12.1 Å². The molecule has 0 saturated heterocycles. The number of thiazole rings is 1. The van der Waals surface area contributed by atoms with Gasteiger partial charge in [-0.2, -0.15) is 4.57 Å². The number of benzene rings is 2. The smallest absolute Gasteiger partial charge is 0.262 e. The average Bonchev–Trinajstić information content (AvgIpc) is 3.29. The fourth-order valence-corrected chi connectivity index (χ4v) is 5.87. The lowest BCUT2D eigenvalue weighted by Gasteiger charge is -2.17. The zero-order valence-electron chi connectivity index (χ0n) is 17.1. The van der Waals surface area contributed by atoms with Crippen molar-refractivity contribution >= 4 is 45.1 Å².